The van der Waals surface area contributed by atoms with Crippen LogP contribution >= 0.6 is 24.0 Å². The highest BCUT2D eigenvalue weighted by atomic mass is 35.5. The molecule has 294 valence electrons. The Labute approximate surface area is 334 Å². The minimum Gasteiger partial charge on any atom is -0.493 e. The first-order valence-electron chi connectivity index (χ1n) is 17.8. The molecule has 1 aromatic heterocycles. The van der Waals surface area contributed by atoms with Crippen molar-refractivity contribution in [1.82, 2.24) is 14.8 Å². The number of carbonyl (C=O) groups excluding carboxylic acids is 1. The van der Waals surface area contributed by atoms with Gasteiger partial charge in [-0.3, -0.25) is 9.69 Å². The van der Waals surface area contributed by atoms with E-state index in [2.05, 4.69) is 34.1 Å². The van der Waals surface area contributed by atoms with Crippen molar-refractivity contribution in [2.75, 3.05) is 32.8 Å². The Bertz CT molecular complexity index is 2080. The predicted molar refractivity (Wildman–Crippen MR) is 211 cm³/mol. The maximum absolute atomic E-state index is 13.5. The number of benzene rings is 4. The largest absolute Gasteiger partial charge is 0.493 e. The number of pyridine rings is 1. The average molecular weight is 811 g/mol. The summed E-state index contributed by atoms with van der Waals surface area (Å²) in [7, 11) is 0. The molecule has 0 atom stereocenters. The molecule has 2 heterocycles. The van der Waals surface area contributed by atoms with Crippen LogP contribution in [0.5, 0.6) is 23.1 Å². The molecule has 0 radical (unpaired) electrons. The number of rotatable bonds is 13. The molecule has 0 aliphatic carbocycles. The Morgan fingerprint density at radius 3 is 2.14 bits per heavy atom. The van der Waals surface area contributed by atoms with Crippen LogP contribution in [0.1, 0.15) is 38.9 Å². The van der Waals surface area contributed by atoms with E-state index in [-0.39, 0.29) is 36.6 Å². The normalized spacial score (nSPS) is 13.4. The van der Waals surface area contributed by atoms with Gasteiger partial charge in [-0.25, -0.2) is 9.37 Å². The van der Waals surface area contributed by atoms with Gasteiger partial charge in [-0.2, -0.15) is 13.2 Å². The van der Waals surface area contributed by atoms with Crippen LogP contribution in [0.3, 0.4) is 0 Å². The summed E-state index contributed by atoms with van der Waals surface area (Å²) in [6, 6.07) is 24.9. The van der Waals surface area contributed by atoms with E-state index in [1.807, 2.05) is 17.9 Å². The number of carbonyl (C=O) groups is 1. The fourth-order valence-electron chi connectivity index (χ4n) is 6.02. The standard InChI is InChI=1S/C43H40ClF4N3O4.ClH/c1-29-24-36(12-14-39(29)45)53-22-17-31-3-5-32(6-4-31)27-50-18-20-51(21-19-50)41(52)16-9-34-23-30(2)42(38(44)25-34)55-40-15-13-37(26-49-40)54-28-33-7-10-35(11-8-33)43(46,47)48;/h3-16,23-26H,17-22,27-28H2,1-2H3;1H/b16-9+;. The minimum absolute atomic E-state index is 0. The van der Waals surface area contributed by atoms with Crippen LogP contribution < -0.4 is 14.2 Å². The van der Waals surface area contributed by atoms with Gasteiger partial charge in [0.1, 0.15) is 23.9 Å². The lowest BCUT2D eigenvalue weighted by atomic mass is 10.1. The van der Waals surface area contributed by atoms with Crippen LogP contribution in [0.25, 0.3) is 6.08 Å². The topological polar surface area (TPSA) is 64.1 Å². The van der Waals surface area contributed by atoms with Gasteiger partial charge in [0.05, 0.1) is 23.4 Å². The Morgan fingerprint density at radius 2 is 1.50 bits per heavy atom. The third kappa shape index (κ3) is 11.7. The van der Waals surface area contributed by atoms with Crippen LogP contribution in [-0.2, 0) is 30.5 Å². The molecule has 1 fully saturated rings. The van der Waals surface area contributed by atoms with Crippen molar-refractivity contribution in [2.45, 2.75) is 39.6 Å². The van der Waals surface area contributed by atoms with Crippen LogP contribution in [0, 0.1) is 19.7 Å². The number of alkyl halides is 3. The van der Waals surface area contributed by atoms with Gasteiger partial charge in [0.25, 0.3) is 0 Å². The SMILES string of the molecule is Cc1cc(OCCc2ccc(CN3CCN(C(=O)/C=C/c4cc(C)c(Oc5ccc(OCc6ccc(C(F)(F)F)cc6)cn5)c(Cl)c4)CC3)cc2)ccc1F.Cl. The van der Waals surface area contributed by atoms with Crippen molar-refractivity contribution >= 4 is 36.0 Å². The molecular formula is C43H41Cl2F4N3O4. The van der Waals surface area contributed by atoms with E-state index in [1.54, 1.807) is 49.4 Å². The van der Waals surface area contributed by atoms with Crippen molar-refractivity contribution in [3.63, 3.8) is 0 Å². The van der Waals surface area contributed by atoms with Crippen LogP contribution in [-0.4, -0.2) is 53.5 Å². The molecule has 4 aromatic carbocycles. The number of ether oxygens (including phenoxy) is 3. The number of aromatic nitrogens is 1. The molecule has 1 aliphatic heterocycles. The van der Waals surface area contributed by atoms with Gasteiger partial charge in [0, 0.05) is 51.3 Å². The van der Waals surface area contributed by atoms with E-state index >= 15 is 0 Å². The number of nitrogens with zero attached hydrogens (tertiary/aromatic N) is 3. The fraction of sp³-hybridized carbons (Fsp3) is 0.256. The number of hydrogen-bond acceptors (Lipinski definition) is 6. The summed E-state index contributed by atoms with van der Waals surface area (Å²) >= 11 is 6.58. The first-order valence-corrected chi connectivity index (χ1v) is 18.2. The molecule has 56 heavy (non-hydrogen) atoms. The monoisotopic (exact) mass is 809 g/mol. The Morgan fingerprint density at radius 1 is 0.821 bits per heavy atom. The van der Waals surface area contributed by atoms with E-state index in [1.165, 1.54) is 30.0 Å². The molecule has 1 amide bonds. The fourth-order valence-corrected chi connectivity index (χ4v) is 6.33. The molecule has 0 spiro atoms. The lowest BCUT2D eigenvalue weighted by molar-refractivity contribution is -0.137. The summed E-state index contributed by atoms with van der Waals surface area (Å²) in [6.07, 6.45) is 1.12. The molecule has 1 saturated heterocycles. The molecule has 1 aliphatic rings. The highest BCUT2D eigenvalue weighted by molar-refractivity contribution is 6.32. The van der Waals surface area contributed by atoms with E-state index in [0.29, 0.717) is 53.1 Å². The zero-order valence-electron chi connectivity index (χ0n) is 30.8. The van der Waals surface area contributed by atoms with Crippen LogP contribution in [0.15, 0.2) is 103 Å². The lowest BCUT2D eigenvalue weighted by Gasteiger charge is -2.34. The van der Waals surface area contributed by atoms with Crippen molar-refractivity contribution in [2.24, 2.45) is 0 Å². The molecule has 6 rings (SSSR count). The van der Waals surface area contributed by atoms with Gasteiger partial charge < -0.3 is 19.1 Å². The number of amides is 1. The van der Waals surface area contributed by atoms with Crippen molar-refractivity contribution in [3.05, 3.63) is 153 Å². The van der Waals surface area contributed by atoms with Crippen molar-refractivity contribution < 1.29 is 36.6 Å². The van der Waals surface area contributed by atoms with E-state index in [0.717, 1.165) is 54.9 Å². The highest BCUT2D eigenvalue weighted by Crippen LogP contribution is 2.34. The third-order valence-electron chi connectivity index (χ3n) is 9.17. The van der Waals surface area contributed by atoms with Gasteiger partial charge in [-0.15, -0.1) is 12.4 Å². The van der Waals surface area contributed by atoms with Crippen LogP contribution in [0.4, 0.5) is 17.6 Å². The smallest absolute Gasteiger partial charge is 0.416 e. The number of halogens is 6. The number of aryl methyl sites for hydroxylation is 2. The first-order chi connectivity index (χ1) is 26.4. The Balaban J connectivity index is 0.00000600. The summed E-state index contributed by atoms with van der Waals surface area (Å²) in [6.45, 7) is 7.74. The second-order valence-corrected chi connectivity index (χ2v) is 13.7. The van der Waals surface area contributed by atoms with E-state index < -0.39 is 11.7 Å². The zero-order chi connectivity index (χ0) is 39.0. The minimum atomic E-state index is -4.39. The van der Waals surface area contributed by atoms with Crippen LogP contribution in [0.2, 0.25) is 5.02 Å². The molecule has 13 heteroatoms. The summed E-state index contributed by atoms with van der Waals surface area (Å²) < 4.78 is 69.3. The van der Waals surface area contributed by atoms with Gasteiger partial charge in [-0.05, 0) is 102 Å². The predicted octanol–water partition coefficient (Wildman–Crippen LogP) is 10.3. The average Bonchev–Trinajstić information content (AvgIpc) is 3.17. The van der Waals surface area contributed by atoms with Gasteiger partial charge in [0.2, 0.25) is 11.8 Å². The summed E-state index contributed by atoms with van der Waals surface area (Å²) in [5.41, 5.74) is 4.30. The molecule has 0 bridgehead atoms. The third-order valence-corrected chi connectivity index (χ3v) is 9.46. The number of hydrogen-bond donors (Lipinski definition) is 0. The molecule has 5 aromatic rings. The first kappa shape index (κ1) is 42.1. The van der Waals surface area contributed by atoms with E-state index in [4.69, 9.17) is 25.8 Å². The second kappa shape index (κ2) is 19.2. The summed E-state index contributed by atoms with van der Waals surface area (Å²) in [5.74, 6) is 1.48. The zero-order valence-corrected chi connectivity index (χ0v) is 32.4. The summed E-state index contributed by atoms with van der Waals surface area (Å²) in [5, 5.41) is 0.353. The molecule has 7 nitrogen and oxygen atoms in total. The van der Waals surface area contributed by atoms with Gasteiger partial charge in [0.15, 0.2) is 5.75 Å². The lowest BCUT2D eigenvalue weighted by Crippen LogP contribution is -2.47. The van der Waals surface area contributed by atoms with Crippen molar-refractivity contribution in [1.29, 1.82) is 0 Å². The van der Waals surface area contributed by atoms with Gasteiger partial charge >= 0.3 is 6.18 Å². The summed E-state index contributed by atoms with van der Waals surface area (Å²) in [4.78, 5) is 21.5. The quantitative estimate of drug-likeness (QED) is 0.0872. The molecular weight excluding hydrogens is 769 g/mol. The molecule has 0 saturated carbocycles. The molecule has 0 unspecified atom stereocenters. The Kier molecular flexibility index (Phi) is 14.4. The number of piperazine rings is 1. The molecule has 0 N–H and O–H groups in total. The van der Waals surface area contributed by atoms with Crippen molar-refractivity contribution in [3.8, 4) is 23.1 Å². The maximum Gasteiger partial charge on any atom is 0.416 e. The Hall–Kier alpha value is -5.10. The van der Waals surface area contributed by atoms with E-state index in [9.17, 15) is 22.4 Å². The van der Waals surface area contributed by atoms with Gasteiger partial charge in [-0.1, -0.05) is 48.0 Å². The highest BCUT2D eigenvalue weighted by Gasteiger charge is 2.30. The second-order valence-electron chi connectivity index (χ2n) is 13.3. The maximum atomic E-state index is 13.5.